The topological polar surface area (TPSA) is 37.3 Å². The van der Waals surface area contributed by atoms with Crippen molar-refractivity contribution in [1.82, 2.24) is 0 Å². The predicted octanol–water partition coefficient (Wildman–Crippen LogP) is 1.75. The van der Waals surface area contributed by atoms with Crippen molar-refractivity contribution < 1.29 is 32.3 Å². The van der Waals surface area contributed by atoms with Crippen molar-refractivity contribution in [2.45, 2.75) is 27.7 Å². The summed E-state index contributed by atoms with van der Waals surface area (Å²) in [4.78, 5) is 10.3. The van der Waals surface area contributed by atoms with Gasteiger partial charge in [0.25, 0.3) is 0 Å². The van der Waals surface area contributed by atoms with Gasteiger partial charge in [0.05, 0.1) is 5.92 Å². The van der Waals surface area contributed by atoms with Crippen molar-refractivity contribution >= 4 is 5.97 Å². The Balaban J connectivity index is 0. The van der Waals surface area contributed by atoms with E-state index in [0.29, 0.717) is 0 Å². The molecule has 2 nitrogen and oxygen atoms in total. The van der Waals surface area contributed by atoms with Gasteiger partial charge < -0.3 is 5.11 Å². The Bertz CT molecular complexity index is 115. The van der Waals surface area contributed by atoms with Gasteiger partial charge in [0.1, 0.15) is 0 Å². The quantitative estimate of drug-likeness (QED) is 0.706. The first-order valence-corrected chi connectivity index (χ1v) is 3.08. The maximum absolute atomic E-state index is 10.3. The van der Waals surface area contributed by atoms with Crippen LogP contribution < -0.4 is 0 Å². The predicted molar refractivity (Wildman–Crippen MR) is 36.3 cm³/mol. The van der Waals surface area contributed by atoms with Crippen LogP contribution in [0.4, 0.5) is 0 Å². The first kappa shape index (κ1) is 12.8. The number of hydrogen-bond acceptors (Lipinski definition) is 1. The average Bonchev–Trinajstić information content (AvgIpc) is 1.62. The Kier molecular flexibility index (Phi) is 5.35. The van der Waals surface area contributed by atoms with E-state index in [-0.39, 0.29) is 33.7 Å². The van der Waals surface area contributed by atoms with Gasteiger partial charge in [0.15, 0.2) is 0 Å². The van der Waals surface area contributed by atoms with Gasteiger partial charge in [-0.15, -0.1) is 0 Å². The molecule has 1 N–H and O–H groups in total. The molecule has 0 aliphatic heterocycles. The Morgan fingerprint density at radius 3 is 1.70 bits per heavy atom. The van der Waals surface area contributed by atoms with E-state index < -0.39 is 5.97 Å². The molecule has 0 aliphatic rings. The van der Waals surface area contributed by atoms with E-state index in [9.17, 15) is 4.79 Å². The molecule has 0 saturated heterocycles. The summed E-state index contributed by atoms with van der Waals surface area (Å²) < 4.78 is 0. The van der Waals surface area contributed by atoms with Crippen molar-refractivity contribution in [2.24, 2.45) is 11.3 Å². The SMILES string of the molecule is CC(C(=O)O)C(C)(C)C.[Ag]. The van der Waals surface area contributed by atoms with E-state index in [1.54, 1.807) is 6.92 Å². The summed E-state index contributed by atoms with van der Waals surface area (Å²) >= 11 is 0. The van der Waals surface area contributed by atoms with Crippen LogP contribution >= 0.6 is 0 Å². The van der Waals surface area contributed by atoms with Gasteiger partial charge in [-0.25, -0.2) is 0 Å². The zero-order valence-electron chi connectivity index (χ0n) is 6.73. The minimum atomic E-state index is -0.720. The van der Waals surface area contributed by atoms with Crippen molar-refractivity contribution in [3.63, 3.8) is 0 Å². The molecule has 0 bridgehead atoms. The monoisotopic (exact) mass is 237 g/mol. The Labute approximate surface area is 77.5 Å². The fourth-order valence-corrected chi connectivity index (χ4v) is 0.370. The zero-order chi connectivity index (χ0) is 7.65. The number of carboxylic acids is 1. The molecule has 0 heterocycles. The molecule has 1 atom stereocenters. The molecule has 0 aliphatic carbocycles. The third kappa shape index (κ3) is 4.09. The van der Waals surface area contributed by atoms with Crippen LogP contribution in [0.5, 0.6) is 0 Å². The third-order valence-corrected chi connectivity index (χ3v) is 1.67. The van der Waals surface area contributed by atoms with Crippen LogP contribution in [0, 0.1) is 11.3 Å². The first-order chi connectivity index (χ1) is 3.85. The Hall–Kier alpha value is 0.210. The molecular weight excluding hydrogens is 224 g/mol. The summed E-state index contributed by atoms with van der Waals surface area (Å²) in [7, 11) is 0. The molecule has 10 heavy (non-hydrogen) atoms. The molecule has 0 aromatic rings. The minimum absolute atomic E-state index is 0. The van der Waals surface area contributed by atoms with Crippen LogP contribution in [0.15, 0.2) is 0 Å². The molecule has 0 spiro atoms. The zero-order valence-corrected chi connectivity index (χ0v) is 8.22. The molecule has 1 radical (unpaired) electrons. The van der Waals surface area contributed by atoms with Crippen LogP contribution in [-0.2, 0) is 27.2 Å². The van der Waals surface area contributed by atoms with Crippen molar-refractivity contribution in [3.8, 4) is 0 Å². The first-order valence-electron chi connectivity index (χ1n) is 3.08. The van der Waals surface area contributed by atoms with Crippen molar-refractivity contribution in [1.29, 1.82) is 0 Å². The van der Waals surface area contributed by atoms with E-state index >= 15 is 0 Å². The van der Waals surface area contributed by atoms with Crippen LogP contribution in [0.25, 0.3) is 0 Å². The summed E-state index contributed by atoms with van der Waals surface area (Å²) in [6.07, 6.45) is 0. The van der Waals surface area contributed by atoms with Crippen LogP contribution in [-0.4, -0.2) is 11.1 Å². The largest absolute Gasteiger partial charge is 0.481 e. The van der Waals surface area contributed by atoms with Crippen molar-refractivity contribution in [3.05, 3.63) is 0 Å². The maximum atomic E-state index is 10.3. The van der Waals surface area contributed by atoms with E-state index in [2.05, 4.69) is 0 Å². The smallest absolute Gasteiger partial charge is 0.306 e. The van der Waals surface area contributed by atoms with Gasteiger partial charge >= 0.3 is 5.97 Å². The Morgan fingerprint density at radius 1 is 1.40 bits per heavy atom. The van der Waals surface area contributed by atoms with Crippen LogP contribution in [0.1, 0.15) is 27.7 Å². The van der Waals surface area contributed by atoms with Crippen molar-refractivity contribution in [2.75, 3.05) is 0 Å². The molecule has 65 valence electrons. The molecule has 0 aromatic carbocycles. The number of rotatable bonds is 1. The van der Waals surface area contributed by atoms with Gasteiger partial charge in [0, 0.05) is 22.4 Å². The Morgan fingerprint density at radius 2 is 1.70 bits per heavy atom. The van der Waals surface area contributed by atoms with E-state index in [0.717, 1.165) is 0 Å². The molecule has 0 fully saturated rings. The number of carboxylic acid groups (broad SMARTS) is 1. The normalized spacial score (nSPS) is 13.6. The fraction of sp³-hybridized carbons (Fsp3) is 0.857. The van der Waals surface area contributed by atoms with Gasteiger partial charge in [-0.3, -0.25) is 4.79 Å². The second kappa shape index (κ2) is 4.16. The molecule has 0 saturated carbocycles. The second-order valence-corrected chi connectivity index (χ2v) is 3.43. The molecular formula is C7H14AgO2. The van der Waals surface area contributed by atoms with Gasteiger partial charge in [0.2, 0.25) is 0 Å². The number of carbonyl (C=O) groups is 1. The fourth-order valence-electron chi connectivity index (χ4n) is 0.370. The van der Waals surface area contributed by atoms with E-state index in [1.165, 1.54) is 0 Å². The summed E-state index contributed by atoms with van der Waals surface area (Å²) in [6.45, 7) is 7.49. The molecule has 1 unspecified atom stereocenters. The summed E-state index contributed by atoms with van der Waals surface area (Å²) in [5.41, 5.74) is -0.119. The molecule has 3 heteroatoms. The standard InChI is InChI=1S/C7H14O2.Ag/c1-5(6(8)9)7(2,3)4;/h5H,1-4H3,(H,8,9);. The van der Waals surface area contributed by atoms with Crippen LogP contribution in [0.3, 0.4) is 0 Å². The average molecular weight is 238 g/mol. The summed E-state index contributed by atoms with van der Waals surface area (Å²) in [5, 5.41) is 8.52. The second-order valence-electron chi connectivity index (χ2n) is 3.43. The van der Waals surface area contributed by atoms with E-state index in [4.69, 9.17) is 5.11 Å². The van der Waals surface area contributed by atoms with Crippen LogP contribution in [0.2, 0.25) is 0 Å². The van der Waals surface area contributed by atoms with Gasteiger partial charge in [-0.2, -0.15) is 0 Å². The minimum Gasteiger partial charge on any atom is -0.481 e. The van der Waals surface area contributed by atoms with Gasteiger partial charge in [-0.05, 0) is 5.41 Å². The molecule has 0 rings (SSSR count). The maximum Gasteiger partial charge on any atom is 0.306 e. The number of hydrogen-bond donors (Lipinski definition) is 1. The van der Waals surface area contributed by atoms with Gasteiger partial charge in [-0.1, -0.05) is 27.7 Å². The third-order valence-electron chi connectivity index (χ3n) is 1.67. The molecule has 0 aromatic heterocycles. The number of aliphatic carboxylic acids is 1. The van der Waals surface area contributed by atoms with E-state index in [1.807, 2.05) is 20.8 Å². The summed E-state index contributed by atoms with van der Waals surface area (Å²) in [6, 6.07) is 0. The summed E-state index contributed by atoms with van der Waals surface area (Å²) in [5.74, 6) is -0.986. The molecule has 0 amide bonds.